The van der Waals surface area contributed by atoms with Crippen LogP contribution >= 0.6 is 0 Å². The monoisotopic (exact) mass is 186 g/mol. The normalized spacial score (nSPS) is 23.0. The third-order valence-electron chi connectivity index (χ3n) is 2.66. The van der Waals surface area contributed by atoms with E-state index in [1.165, 1.54) is 6.42 Å². The Kier molecular flexibility index (Phi) is 3.54. The maximum absolute atomic E-state index is 8.66. The van der Waals surface area contributed by atoms with Crippen molar-refractivity contribution in [1.29, 1.82) is 0 Å². The molecule has 1 fully saturated rings. The average molecular weight is 186 g/mol. The van der Waals surface area contributed by atoms with E-state index in [1.807, 2.05) is 6.92 Å². The zero-order valence-electron chi connectivity index (χ0n) is 8.12. The van der Waals surface area contributed by atoms with E-state index < -0.39 is 5.60 Å². The van der Waals surface area contributed by atoms with Crippen LogP contribution < -0.4 is 5.73 Å². The highest BCUT2D eigenvalue weighted by molar-refractivity contribution is 5.88. The molecule has 1 aliphatic rings. The Balaban J connectivity index is 2.72. The molecule has 0 bridgehead atoms. The summed E-state index contributed by atoms with van der Waals surface area (Å²) in [7, 11) is 0. The van der Waals surface area contributed by atoms with Crippen LogP contribution in [0.4, 0.5) is 0 Å². The van der Waals surface area contributed by atoms with E-state index in [2.05, 4.69) is 5.16 Å². The number of ether oxygens (including phenoxy) is 1. The number of amidine groups is 1. The minimum atomic E-state index is -0.484. The maximum atomic E-state index is 8.66. The van der Waals surface area contributed by atoms with E-state index in [1.54, 1.807) is 0 Å². The molecule has 0 aromatic heterocycles. The molecule has 0 heterocycles. The number of rotatable bonds is 3. The molecule has 1 aliphatic carbocycles. The summed E-state index contributed by atoms with van der Waals surface area (Å²) in [5, 5.41) is 11.7. The quantitative estimate of drug-likeness (QED) is 0.303. The van der Waals surface area contributed by atoms with Gasteiger partial charge in [-0.05, 0) is 19.8 Å². The SMILES string of the molecule is CCOC1(/C(N)=N\O)CCCCC1. The Morgan fingerprint density at radius 3 is 2.54 bits per heavy atom. The molecule has 3 N–H and O–H groups in total. The Labute approximate surface area is 78.7 Å². The molecule has 0 radical (unpaired) electrons. The summed E-state index contributed by atoms with van der Waals surface area (Å²) in [5.41, 5.74) is 5.16. The van der Waals surface area contributed by atoms with Crippen LogP contribution in [-0.2, 0) is 4.74 Å². The van der Waals surface area contributed by atoms with Crippen molar-refractivity contribution in [3.8, 4) is 0 Å². The van der Waals surface area contributed by atoms with Crippen LogP contribution in [-0.4, -0.2) is 23.3 Å². The second-order valence-electron chi connectivity index (χ2n) is 3.47. The van der Waals surface area contributed by atoms with E-state index in [4.69, 9.17) is 15.7 Å². The van der Waals surface area contributed by atoms with Gasteiger partial charge in [-0.25, -0.2) is 0 Å². The molecular weight excluding hydrogens is 168 g/mol. The van der Waals surface area contributed by atoms with Gasteiger partial charge in [0.25, 0.3) is 0 Å². The summed E-state index contributed by atoms with van der Waals surface area (Å²) in [6, 6.07) is 0. The highest BCUT2D eigenvalue weighted by Crippen LogP contribution is 2.31. The fourth-order valence-electron chi connectivity index (χ4n) is 1.96. The van der Waals surface area contributed by atoms with E-state index in [0.717, 1.165) is 25.7 Å². The molecule has 0 atom stereocenters. The Morgan fingerprint density at radius 2 is 2.08 bits per heavy atom. The topological polar surface area (TPSA) is 67.8 Å². The second-order valence-corrected chi connectivity index (χ2v) is 3.47. The standard InChI is InChI=1S/C9H18N2O2/c1-2-13-9(8(10)11-12)6-4-3-5-7-9/h12H,2-7H2,1H3,(H2,10,11). The molecule has 0 aliphatic heterocycles. The van der Waals surface area contributed by atoms with Gasteiger partial charge < -0.3 is 15.7 Å². The van der Waals surface area contributed by atoms with Crippen molar-refractivity contribution in [3.05, 3.63) is 0 Å². The molecule has 4 nitrogen and oxygen atoms in total. The van der Waals surface area contributed by atoms with Gasteiger partial charge in [0.15, 0.2) is 5.84 Å². The van der Waals surface area contributed by atoms with Crippen LogP contribution in [0.5, 0.6) is 0 Å². The lowest BCUT2D eigenvalue weighted by Gasteiger charge is -2.35. The molecule has 0 aromatic carbocycles. The molecule has 0 spiro atoms. The molecule has 76 valence electrons. The van der Waals surface area contributed by atoms with E-state index >= 15 is 0 Å². The summed E-state index contributed by atoms with van der Waals surface area (Å²) in [6.07, 6.45) is 5.15. The van der Waals surface area contributed by atoms with Crippen molar-refractivity contribution >= 4 is 5.84 Å². The number of nitrogens with zero attached hydrogens (tertiary/aromatic N) is 1. The van der Waals surface area contributed by atoms with Gasteiger partial charge in [0.05, 0.1) is 0 Å². The molecule has 0 aromatic rings. The number of nitrogens with two attached hydrogens (primary N) is 1. The molecule has 0 amide bonds. The van der Waals surface area contributed by atoms with Crippen molar-refractivity contribution in [2.24, 2.45) is 10.9 Å². The largest absolute Gasteiger partial charge is 0.409 e. The first-order valence-electron chi connectivity index (χ1n) is 4.87. The van der Waals surface area contributed by atoms with Gasteiger partial charge in [-0.1, -0.05) is 24.4 Å². The lowest BCUT2D eigenvalue weighted by atomic mass is 9.84. The Morgan fingerprint density at radius 1 is 1.46 bits per heavy atom. The van der Waals surface area contributed by atoms with Crippen LogP contribution in [0.2, 0.25) is 0 Å². The second kappa shape index (κ2) is 4.46. The molecule has 1 saturated carbocycles. The van der Waals surface area contributed by atoms with E-state index in [9.17, 15) is 0 Å². The summed E-state index contributed by atoms with van der Waals surface area (Å²) < 4.78 is 5.61. The fraction of sp³-hybridized carbons (Fsp3) is 0.889. The van der Waals surface area contributed by atoms with E-state index in [-0.39, 0.29) is 5.84 Å². The molecular formula is C9H18N2O2. The van der Waals surface area contributed by atoms with Crippen LogP contribution in [0.3, 0.4) is 0 Å². The third-order valence-corrected chi connectivity index (χ3v) is 2.66. The summed E-state index contributed by atoms with van der Waals surface area (Å²) >= 11 is 0. The smallest absolute Gasteiger partial charge is 0.171 e. The van der Waals surface area contributed by atoms with Crippen molar-refractivity contribution in [2.45, 2.75) is 44.6 Å². The van der Waals surface area contributed by atoms with Crippen molar-refractivity contribution in [1.82, 2.24) is 0 Å². The van der Waals surface area contributed by atoms with Gasteiger partial charge in [0.2, 0.25) is 0 Å². The van der Waals surface area contributed by atoms with Crippen LogP contribution in [0.25, 0.3) is 0 Å². The molecule has 0 unspecified atom stereocenters. The number of hydrogen-bond donors (Lipinski definition) is 2. The van der Waals surface area contributed by atoms with Gasteiger partial charge in [0, 0.05) is 6.61 Å². The maximum Gasteiger partial charge on any atom is 0.171 e. The first kappa shape index (κ1) is 10.3. The van der Waals surface area contributed by atoms with E-state index in [0.29, 0.717) is 6.61 Å². The lowest BCUT2D eigenvalue weighted by molar-refractivity contribution is -0.0138. The average Bonchev–Trinajstić information content (AvgIpc) is 2.18. The molecule has 0 saturated heterocycles. The van der Waals surface area contributed by atoms with Crippen LogP contribution in [0.1, 0.15) is 39.0 Å². The van der Waals surface area contributed by atoms with Crippen LogP contribution in [0.15, 0.2) is 5.16 Å². The van der Waals surface area contributed by atoms with Gasteiger partial charge in [-0.2, -0.15) is 0 Å². The highest BCUT2D eigenvalue weighted by atomic mass is 16.5. The zero-order chi connectivity index (χ0) is 9.73. The number of oxime groups is 1. The molecule has 1 rings (SSSR count). The highest BCUT2D eigenvalue weighted by Gasteiger charge is 2.37. The Hall–Kier alpha value is -0.770. The lowest BCUT2D eigenvalue weighted by Crippen LogP contribution is -2.47. The number of hydrogen-bond acceptors (Lipinski definition) is 3. The minimum absolute atomic E-state index is 0.231. The van der Waals surface area contributed by atoms with Gasteiger partial charge in [-0.15, -0.1) is 0 Å². The van der Waals surface area contributed by atoms with Gasteiger partial charge in [-0.3, -0.25) is 0 Å². The summed E-state index contributed by atoms with van der Waals surface area (Å²) in [6.45, 7) is 2.54. The summed E-state index contributed by atoms with van der Waals surface area (Å²) in [5.74, 6) is 0.231. The van der Waals surface area contributed by atoms with Gasteiger partial charge in [0.1, 0.15) is 5.60 Å². The van der Waals surface area contributed by atoms with Crippen molar-refractivity contribution in [3.63, 3.8) is 0 Å². The van der Waals surface area contributed by atoms with Crippen LogP contribution in [0, 0.1) is 0 Å². The zero-order valence-corrected chi connectivity index (χ0v) is 8.12. The molecule has 4 heteroatoms. The fourth-order valence-corrected chi connectivity index (χ4v) is 1.96. The van der Waals surface area contributed by atoms with Crippen molar-refractivity contribution < 1.29 is 9.94 Å². The third kappa shape index (κ3) is 2.12. The first-order valence-corrected chi connectivity index (χ1v) is 4.87. The predicted molar refractivity (Wildman–Crippen MR) is 50.9 cm³/mol. The summed E-state index contributed by atoms with van der Waals surface area (Å²) in [4.78, 5) is 0. The first-order chi connectivity index (χ1) is 6.25. The molecule has 13 heavy (non-hydrogen) atoms. The minimum Gasteiger partial charge on any atom is -0.409 e. The van der Waals surface area contributed by atoms with Gasteiger partial charge >= 0.3 is 0 Å². The van der Waals surface area contributed by atoms with Crippen molar-refractivity contribution in [2.75, 3.05) is 6.61 Å². The Bertz CT molecular complexity index is 181. The predicted octanol–water partition coefficient (Wildman–Crippen LogP) is 1.47.